The summed E-state index contributed by atoms with van der Waals surface area (Å²) >= 11 is 0. The Morgan fingerprint density at radius 3 is 2.84 bits per heavy atom. The third kappa shape index (κ3) is 3.77. The van der Waals surface area contributed by atoms with Gasteiger partial charge in [-0.15, -0.1) is 0 Å². The Labute approximate surface area is 177 Å². The Kier molecular flexibility index (Phi) is 5.24. The first kappa shape index (κ1) is 20.6. The number of rotatable bonds is 5. The Morgan fingerprint density at radius 2 is 2.06 bits per heavy atom. The smallest absolute Gasteiger partial charge is 0.262 e. The van der Waals surface area contributed by atoms with Gasteiger partial charge in [0.2, 0.25) is 0 Å². The number of benzene rings is 2. The van der Waals surface area contributed by atoms with Gasteiger partial charge in [-0.3, -0.25) is 9.71 Å². The zero-order valence-corrected chi connectivity index (χ0v) is 16.9. The van der Waals surface area contributed by atoms with Crippen molar-refractivity contribution in [1.82, 2.24) is 5.32 Å². The van der Waals surface area contributed by atoms with Crippen LogP contribution in [0, 0.1) is 11.6 Å². The molecule has 10 heteroatoms. The van der Waals surface area contributed by atoms with E-state index in [1.807, 2.05) is 0 Å². The predicted octanol–water partition coefficient (Wildman–Crippen LogP) is 2.30. The van der Waals surface area contributed by atoms with Gasteiger partial charge in [0.05, 0.1) is 17.7 Å². The first-order valence-corrected chi connectivity index (χ1v) is 10.5. The molecule has 2 N–H and O–H groups in total. The minimum absolute atomic E-state index is 0.0208. The summed E-state index contributed by atoms with van der Waals surface area (Å²) in [5, 5.41) is 15.8. The molecule has 160 valence electrons. The van der Waals surface area contributed by atoms with Gasteiger partial charge in [0.25, 0.3) is 10.0 Å². The number of methoxy groups -OCH3 is 1. The van der Waals surface area contributed by atoms with E-state index < -0.39 is 44.8 Å². The molecule has 0 radical (unpaired) electrons. The van der Waals surface area contributed by atoms with Crippen LogP contribution < -0.4 is 19.9 Å². The topological polar surface area (TPSA) is 103 Å². The number of nitrogens with zero attached hydrogens (tertiary/aromatic N) is 1. The predicted molar refractivity (Wildman–Crippen MR) is 110 cm³/mol. The van der Waals surface area contributed by atoms with Gasteiger partial charge in [0.1, 0.15) is 17.7 Å². The summed E-state index contributed by atoms with van der Waals surface area (Å²) in [6.45, 7) is 0. The highest BCUT2D eigenvalue weighted by molar-refractivity contribution is 7.92. The number of hydrogen-bond acceptors (Lipinski definition) is 6. The second-order valence-electron chi connectivity index (χ2n) is 6.64. The van der Waals surface area contributed by atoms with Crippen LogP contribution in [0.5, 0.6) is 5.75 Å². The molecule has 2 aliphatic heterocycles. The maximum Gasteiger partial charge on any atom is 0.262 e. The summed E-state index contributed by atoms with van der Waals surface area (Å²) < 4.78 is 62.0. The van der Waals surface area contributed by atoms with Crippen LogP contribution in [0.4, 0.5) is 14.5 Å². The molecule has 0 bridgehead atoms. The summed E-state index contributed by atoms with van der Waals surface area (Å²) in [6, 6.07) is 7.29. The van der Waals surface area contributed by atoms with E-state index in [4.69, 9.17) is 4.74 Å². The SMILES string of the molecule is COc1cccc(S(=O)(=O)Nc2ccc(F)c(C([O-])=C3C=NC4NC=CC=C34)c2F)c1. The monoisotopic (exact) mass is 444 g/mol. The number of aliphatic imine (C=N–C) groups is 1. The second-order valence-corrected chi connectivity index (χ2v) is 8.32. The molecule has 1 atom stereocenters. The first-order valence-electron chi connectivity index (χ1n) is 9.04. The average molecular weight is 444 g/mol. The highest BCUT2D eigenvalue weighted by Gasteiger charge is 2.25. The molecule has 0 saturated heterocycles. The maximum absolute atomic E-state index is 15.1. The van der Waals surface area contributed by atoms with Crippen LogP contribution in [0.1, 0.15) is 5.56 Å². The molecule has 0 saturated carbocycles. The van der Waals surface area contributed by atoms with Crippen LogP contribution in [0.25, 0.3) is 5.76 Å². The molecule has 2 aromatic rings. The van der Waals surface area contributed by atoms with E-state index in [1.165, 1.54) is 31.5 Å². The number of anilines is 1. The van der Waals surface area contributed by atoms with Gasteiger partial charge in [0.15, 0.2) is 5.82 Å². The summed E-state index contributed by atoms with van der Waals surface area (Å²) in [5.74, 6) is -3.09. The Bertz CT molecular complexity index is 1280. The molecule has 4 rings (SSSR count). The lowest BCUT2D eigenvalue weighted by Crippen LogP contribution is -2.24. The fourth-order valence-corrected chi connectivity index (χ4v) is 4.29. The van der Waals surface area contributed by atoms with Crippen molar-refractivity contribution >= 4 is 27.7 Å². The number of ether oxygens (including phenoxy) is 1. The van der Waals surface area contributed by atoms with Crippen molar-refractivity contribution in [2.45, 2.75) is 11.1 Å². The number of halogens is 2. The lowest BCUT2D eigenvalue weighted by molar-refractivity contribution is -0.244. The van der Waals surface area contributed by atoms with Crippen LogP contribution in [0.3, 0.4) is 0 Å². The number of fused-ring (bicyclic) bond motifs is 1. The number of dihydropyridines is 1. The van der Waals surface area contributed by atoms with Crippen molar-refractivity contribution in [3.63, 3.8) is 0 Å². The Balaban J connectivity index is 1.75. The van der Waals surface area contributed by atoms with Gasteiger partial charge in [-0.2, -0.15) is 0 Å². The summed E-state index contributed by atoms with van der Waals surface area (Å²) in [6.07, 6.45) is 5.62. The molecule has 0 fully saturated rings. The van der Waals surface area contributed by atoms with Crippen molar-refractivity contribution < 1.29 is 27.0 Å². The van der Waals surface area contributed by atoms with Crippen LogP contribution in [-0.2, 0) is 10.0 Å². The summed E-state index contributed by atoms with van der Waals surface area (Å²) in [5.41, 5.74) is -0.945. The minimum Gasteiger partial charge on any atom is -0.871 e. The summed E-state index contributed by atoms with van der Waals surface area (Å²) in [4.78, 5) is 3.91. The lowest BCUT2D eigenvalue weighted by Gasteiger charge is -2.22. The number of sulfonamides is 1. The quantitative estimate of drug-likeness (QED) is 0.689. The van der Waals surface area contributed by atoms with E-state index in [2.05, 4.69) is 15.0 Å². The Morgan fingerprint density at radius 1 is 1.26 bits per heavy atom. The molecule has 0 amide bonds. The second kappa shape index (κ2) is 7.88. The zero-order valence-electron chi connectivity index (χ0n) is 16.1. The number of nitrogens with one attached hydrogen (secondary N) is 2. The van der Waals surface area contributed by atoms with Gasteiger partial charge in [-0.05, 0) is 42.1 Å². The van der Waals surface area contributed by atoms with E-state index in [1.54, 1.807) is 24.4 Å². The Hall–Kier alpha value is -3.66. The normalized spacial score (nSPS) is 18.8. The fourth-order valence-electron chi connectivity index (χ4n) is 3.20. The van der Waals surface area contributed by atoms with E-state index in [0.29, 0.717) is 5.57 Å². The number of hydrogen-bond donors (Lipinski definition) is 2. The number of allylic oxidation sites excluding steroid dienone is 2. The molecule has 2 aliphatic rings. The molecule has 31 heavy (non-hydrogen) atoms. The van der Waals surface area contributed by atoms with E-state index >= 15 is 4.39 Å². The van der Waals surface area contributed by atoms with Crippen LogP contribution >= 0.6 is 0 Å². The van der Waals surface area contributed by atoms with Crippen LogP contribution in [-0.4, -0.2) is 27.9 Å². The lowest BCUT2D eigenvalue weighted by atomic mass is 9.99. The van der Waals surface area contributed by atoms with E-state index in [0.717, 1.165) is 12.1 Å². The average Bonchev–Trinajstić information content (AvgIpc) is 3.20. The van der Waals surface area contributed by atoms with Gasteiger partial charge in [0, 0.05) is 23.4 Å². The third-order valence-corrected chi connectivity index (χ3v) is 6.11. The van der Waals surface area contributed by atoms with Crippen molar-refractivity contribution in [3.05, 3.63) is 83.1 Å². The highest BCUT2D eigenvalue weighted by atomic mass is 32.2. The van der Waals surface area contributed by atoms with Crippen molar-refractivity contribution in [1.29, 1.82) is 0 Å². The zero-order chi connectivity index (χ0) is 22.2. The van der Waals surface area contributed by atoms with Crippen LogP contribution in [0.2, 0.25) is 0 Å². The molecule has 2 aromatic carbocycles. The molecule has 0 spiro atoms. The van der Waals surface area contributed by atoms with Crippen molar-refractivity contribution in [2.24, 2.45) is 4.99 Å². The maximum atomic E-state index is 15.1. The summed E-state index contributed by atoms with van der Waals surface area (Å²) in [7, 11) is -2.86. The minimum atomic E-state index is -4.23. The molecular weight excluding hydrogens is 428 g/mol. The van der Waals surface area contributed by atoms with Gasteiger partial charge in [-0.25, -0.2) is 17.2 Å². The van der Waals surface area contributed by atoms with Crippen molar-refractivity contribution in [2.75, 3.05) is 11.8 Å². The van der Waals surface area contributed by atoms with Crippen LogP contribution in [0.15, 0.2) is 75.8 Å². The molecule has 7 nitrogen and oxygen atoms in total. The molecule has 0 aliphatic carbocycles. The van der Waals surface area contributed by atoms with E-state index in [-0.39, 0.29) is 16.2 Å². The molecular formula is C21H16F2N3O4S-. The molecule has 0 aromatic heterocycles. The molecule has 1 unspecified atom stereocenters. The standard InChI is InChI=1S/C21H17F2N3O4S/c1-30-12-4-2-5-13(10-12)31(28,29)26-17-8-7-16(22)18(19(17)23)20(27)15-11-25-21-14(15)6-3-9-24-21/h2-11,21,24,26-27H,1H3/p-1. The highest BCUT2D eigenvalue weighted by Crippen LogP contribution is 2.32. The third-order valence-electron chi connectivity index (χ3n) is 4.74. The molecule has 2 heterocycles. The van der Waals surface area contributed by atoms with Gasteiger partial charge < -0.3 is 15.2 Å². The van der Waals surface area contributed by atoms with E-state index in [9.17, 15) is 17.9 Å². The fraction of sp³-hybridized carbons (Fsp3) is 0.0952. The van der Waals surface area contributed by atoms with Gasteiger partial charge >= 0.3 is 0 Å². The van der Waals surface area contributed by atoms with Gasteiger partial charge in [-0.1, -0.05) is 17.9 Å². The first-order chi connectivity index (χ1) is 14.8. The largest absolute Gasteiger partial charge is 0.871 e. The van der Waals surface area contributed by atoms with Crippen molar-refractivity contribution in [3.8, 4) is 5.75 Å².